The lowest BCUT2D eigenvalue weighted by Gasteiger charge is -2.16. The van der Waals surface area contributed by atoms with Crippen LogP contribution in [0.5, 0.6) is 5.75 Å². The number of ether oxygens (including phenoxy) is 2. The lowest BCUT2D eigenvalue weighted by molar-refractivity contribution is -0.118. The van der Waals surface area contributed by atoms with Gasteiger partial charge in [-0.15, -0.1) is 0 Å². The zero-order valence-electron chi connectivity index (χ0n) is 12.9. The summed E-state index contributed by atoms with van der Waals surface area (Å²) in [6.07, 6.45) is 4.57. The van der Waals surface area contributed by atoms with Crippen molar-refractivity contribution in [2.45, 2.75) is 19.6 Å². The first-order valence-corrected chi connectivity index (χ1v) is 6.88. The Morgan fingerprint density at radius 3 is 2.67 bits per heavy atom. The molecule has 24 heavy (non-hydrogen) atoms. The van der Waals surface area contributed by atoms with Crippen molar-refractivity contribution >= 4 is 17.6 Å². The molecule has 9 heteroatoms. The largest absolute Gasteiger partial charge is 0.465 e. The molecule has 0 spiro atoms. The lowest BCUT2D eigenvalue weighted by atomic mass is 10.2. The van der Waals surface area contributed by atoms with Crippen molar-refractivity contribution in [3.05, 3.63) is 42.5 Å². The Hall–Kier alpha value is -2.97. The van der Waals surface area contributed by atoms with E-state index in [1.54, 1.807) is 17.7 Å². The van der Waals surface area contributed by atoms with Gasteiger partial charge in [-0.1, -0.05) is 0 Å². The maximum absolute atomic E-state index is 12.6. The van der Waals surface area contributed by atoms with Crippen molar-refractivity contribution in [2.24, 2.45) is 0 Å². The van der Waals surface area contributed by atoms with E-state index in [4.69, 9.17) is 0 Å². The molecule has 2 aromatic rings. The van der Waals surface area contributed by atoms with Crippen LogP contribution in [0.4, 0.5) is 14.5 Å². The molecular formula is C15H15F2N3O4. The Morgan fingerprint density at radius 1 is 1.33 bits per heavy atom. The van der Waals surface area contributed by atoms with Crippen LogP contribution in [0.15, 0.2) is 36.9 Å². The second kappa shape index (κ2) is 7.53. The van der Waals surface area contributed by atoms with Crippen molar-refractivity contribution in [2.75, 3.05) is 12.4 Å². The van der Waals surface area contributed by atoms with Crippen LogP contribution in [0.25, 0.3) is 0 Å². The second-order valence-corrected chi connectivity index (χ2v) is 4.76. The molecule has 0 aliphatic heterocycles. The first-order chi connectivity index (χ1) is 11.4. The molecule has 0 unspecified atom stereocenters. The van der Waals surface area contributed by atoms with Gasteiger partial charge in [-0.25, -0.2) is 9.78 Å². The van der Waals surface area contributed by atoms with Gasteiger partial charge in [-0.2, -0.15) is 8.78 Å². The van der Waals surface area contributed by atoms with E-state index < -0.39 is 24.5 Å². The van der Waals surface area contributed by atoms with Crippen LogP contribution in [0.3, 0.4) is 0 Å². The summed E-state index contributed by atoms with van der Waals surface area (Å²) in [5.74, 6) is -1.50. The molecule has 0 fully saturated rings. The van der Waals surface area contributed by atoms with Crippen molar-refractivity contribution in [1.82, 2.24) is 9.55 Å². The highest BCUT2D eigenvalue weighted by Crippen LogP contribution is 2.28. The van der Waals surface area contributed by atoms with E-state index in [9.17, 15) is 18.4 Å². The summed E-state index contributed by atoms with van der Waals surface area (Å²) in [7, 11) is 1.17. The number of nitrogens with one attached hydrogen (secondary N) is 1. The molecule has 1 amide bonds. The van der Waals surface area contributed by atoms with Gasteiger partial charge in [-0.3, -0.25) is 4.79 Å². The van der Waals surface area contributed by atoms with Gasteiger partial charge in [0.25, 0.3) is 0 Å². The van der Waals surface area contributed by atoms with E-state index >= 15 is 0 Å². The highest BCUT2D eigenvalue weighted by molar-refractivity contribution is 5.96. The van der Waals surface area contributed by atoms with E-state index in [2.05, 4.69) is 19.8 Å². The van der Waals surface area contributed by atoms with Crippen LogP contribution < -0.4 is 10.1 Å². The van der Waals surface area contributed by atoms with E-state index in [1.165, 1.54) is 31.8 Å². The maximum atomic E-state index is 12.6. The molecular weight excluding hydrogens is 324 g/mol. The minimum atomic E-state index is -3.11. The van der Waals surface area contributed by atoms with Crippen LogP contribution >= 0.6 is 0 Å². The molecule has 0 bridgehead atoms. The number of carbonyl (C=O) groups is 2. The number of methoxy groups -OCH3 is 1. The van der Waals surface area contributed by atoms with Crippen LogP contribution in [0.2, 0.25) is 0 Å². The molecule has 0 saturated carbocycles. The third-order valence-electron chi connectivity index (χ3n) is 3.23. The monoisotopic (exact) mass is 339 g/mol. The topological polar surface area (TPSA) is 82.5 Å². The number of rotatable bonds is 6. The fourth-order valence-electron chi connectivity index (χ4n) is 1.94. The van der Waals surface area contributed by atoms with E-state index in [0.717, 1.165) is 6.07 Å². The van der Waals surface area contributed by atoms with Gasteiger partial charge in [0.1, 0.15) is 11.8 Å². The Labute approximate surface area is 136 Å². The van der Waals surface area contributed by atoms with Crippen LogP contribution in [0.1, 0.15) is 23.3 Å². The minimum Gasteiger partial charge on any atom is -0.465 e. The number of anilines is 1. The number of benzene rings is 1. The SMILES string of the molecule is COC(=O)c1ccc(NC(=O)[C@@H](C)n2ccnc2)c(OC(F)F)c1. The van der Waals surface area contributed by atoms with Crippen LogP contribution in [-0.2, 0) is 9.53 Å². The molecule has 1 aromatic carbocycles. The maximum Gasteiger partial charge on any atom is 0.387 e. The smallest absolute Gasteiger partial charge is 0.387 e. The van der Waals surface area contributed by atoms with E-state index in [0.29, 0.717) is 0 Å². The molecule has 0 saturated heterocycles. The Bertz CT molecular complexity index is 720. The first kappa shape index (κ1) is 17.4. The fourth-order valence-corrected chi connectivity index (χ4v) is 1.94. The molecule has 7 nitrogen and oxygen atoms in total. The number of amides is 1. The summed E-state index contributed by atoms with van der Waals surface area (Å²) in [6, 6.07) is 3.09. The zero-order valence-corrected chi connectivity index (χ0v) is 12.9. The van der Waals surface area contributed by atoms with Gasteiger partial charge < -0.3 is 19.4 Å². The van der Waals surface area contributed by atoms with Crippen molar-refractivity contribution < 1.29 is 27.8 Å². The Kier molecular flexibility index (Phi) is 5.46. The molecule has 2 rings (SSSR count). The summed E-state index contributed by atoms with van der Waals surface area (Å²) in [4.78, 5) is 27.6. The highest BCUT2D eigenvalue weighted by atomic mass is 19.3. The molecule has 128 valence electrons. The summed E-state index contributed by atoms with van der Waals surface area (Å²) in [5, 5.41) is 2.49. The zero-order chi connectivity index (χ0) is 17.7. The molecule has 1 N–H and O–H groups in total. The number of hydrogen-bond acceptors (Lipinski definition) is 5. The quantitative estimate of drug-likeness (QED) is 0.818. The second-order valence-electron chi connectivity index (χ2n) is 4.76. The number of hydrogen-bond donors (Lipinski definition) is 1. The Morgan fingerprint density at radius 2 is 2.08 bits per heavy atom. The summed E-state index contributed by atoms with van der Waals surface area (Å²) in [6.45, 7) is -1.49. The van der Waals surface area contributed by atoms with Gasteiger partial charge in [0, 0.05) is 12.4 Å². The standard InChI is InChI=1S/C15H15F2N3O4/c1-9(20-6-5-18-8-20)13(21)19-11-4-3-10(14(22)23-2)7-12(11)24-15(16)17/h3-9,15H,1-2H3,(H,19,21)/t9-/m1/s1. The number of carbonyl (C=O) groups excluding carboxylic acids is 2. The van der Waals surface area contributed by atoms with Gasteiger partial charge >= 0.3 is 12.6 Å². The third kappa shape index (κ3) is 4.06. The van der Waals surface area contributed by atoms with Crippen LogP contribution in [0, 0.1) is 0 Å². The Balaban J connectivity index is 2.24. The average molecular weight is 339 g/mol. The van der Waals surface area contributed by atoms with E-state index in [-0.39, 0.29) is 17.0 Å². The van der Waals surface area contributed by atoms with Crippen molar-refractivity contribution in [3.63, 3.8) is 0 Å². The molecule has 1 atom stereocenters. The molecule has 0 aliphatic carbocycles. The van der Waals surface area contributed by atoms with Gasteiger partial charge in [0.2, 0.25) is 5.91 Å². The number of nitrogens with zero attached hydrogens (tertiary/aromatic N) is 2. The normalized spacial score (nSPS) is 11.9. The molecule has 1 heterocycles. The lowest BCUT2D eigenvalue weighted by Crippen LogP contribution is -2.23. The number of alkyl halides is 2. The van der Waals surface area contributed by atoms with Gasteiger partial charge in [0.15, 0.2) is 0 Å². The highest BCUT2D eigenvalue weighted by Gasteiger charge is 2.19. The predicted molar refractivity (Wildman–Crippen MR) is 80.0 cm³/mol. The average Bonchev–Trinajstić information content (AvgIpc) is 3.08. The summed E-state index contributed by atoms with van der Waals surface area (Å²) >= 11 is 0. The third-order valence-corrected chi connectivity index (χ3v) is 3.23. The first-order valence-electron chi connectivity index (χ1n) is 6.88. The number of aromatic nitrogens is 2. The molecule has 0 aliphatic rings. The molecule has 1 aromatic heterocycles. The summed E-state index contributed by atoms with van der Waals surface area (Å²) in [5.41, 5.74) is 0.0359. The van der Waals surface area contributed by atoms with E-state index in [1.807, 2.05) is 0 Å². The number of imidazole rings is 1. The van der Waals surface area contributed by atoms with Gasteiger partial charge in [-0.05, 0) is 25.1 Å². The number of halogens is 2. The number of esters is 1. The predicted octanol–water partition coefficient (Wildman–Crippen LogP) is 2.47. The van der Waals surface area contributed by atoms with Gasteiger partial charge in [0.05, 0.1) is 24.7 Å². The van der Waals surface area contributed by atoms with Crippen LogP contribution in [-0.4, -0.2) is 35.1 Å². The van der Waals surface area contributed by atoms with Crippen molar-refractivity contribution in [1.29, 1.82) is 0 Å². The fraction of sp³-hybridized carbons (Fsp3) is 0.267. The minimum absolute atomic E-state index is 0.0138. The van der Waals surface area contributed by atoms with Crippen molar-refractivity contribution in [3.8, 4) is 5.75 Å². The molecule has 0 radical (unpaired) electrons. The summed E-state index contributed by atoms with van der Waals surface area (Å²) < 4.78 is 35.6.